The van der Waals surface area contributed by atoms with Gasteiger partial charge < -0.3 is 19.9 Å². The molecule has 2 heterocycles. The summed E-state index contributed by atoms with van der Waals surface area (Å²) in [7, 11) is 0. The van der Waals surface area contributed by atoms with Gasteiger partial charge in [0, 0.05) is 32.2 Å². The fourth-order valence-corrected chi connectivity index (χ4v) is 4.33. The number of benzene rings is 1. The molecule has 0 spiro atoms. The number of rotatable bonds is 7. The van der Waals surface area contributed by atoms with Crippen molar-refractivity contribution in [1.29, 1.82) is 0 Å². The van der Waals surface area contributed by atoms with Crippen LogP contribution in [0.5, 0.6) is 0 Å². The van der Waals surface area contributed by atoms with Gasteiger partial charge in [0.25, 0.3) is 0 Å². The summed E-state index contributed by atoms with van der Waals surface area (Å²) in [5, 5.41) is 3.10. The summed E-state index contributed by atoms with van der Waals surface area (Å²) in [5.41, 5.74) is -0.617. The zero-order valence-electron chi connectivity index (χ0n) is 21.3. The van der Waals surface area contributed by atoms with Gasteiger partial charge in [-0.2, -0.15) is 17.6 Å². The van der Waals surface area contributed by atoms with Crippen LogP contribution in [-0.4, -0.2) is 52.2 Å². The highest BCUT2D eigenvalue weighted by Crippen LogP contribution is 2.35. The maximum absolute atomic E-state index is 15.5. The minimum Gasteiger partial charge on any atom is -0.444 e. The van der Waals surface area contributed by atoms with E-state index in [-0.39, 0.29) is 36.2 Å². The van der Waals surface area contributed by atoms with Crippen LogP contribution in [-0.2, 0) is 17.5 Å². The number of nitrogens with zero attached hydrogens (tertiary/aromatic N) is 4. The second-order valence-electron chi connectivity index (χ2n) is 10.7. The summed E-state index contributed by atoms with van der Waals surface area (Å²) in [6.45, 7) is 7.39. The van der Waals surface area contributed by atoms with Gasteiger partial charge in [-0.1, -0.05) is 12.1 Å². The van der Waals surface area contributed by atoms with E-state index in [1.54, 1.807) is 9.80 Å². The summed E-state index contributed by atoms with van der Waals surface area (Å²) in [5.74, 6) is -0.104. The molecular formula is C26H33F4N5O2. The van der Waals surface area contributed by atoms with E-state index in [9.17, 15) is 18.0 Å². The van der Waals surface area contributed by atoms with Gasteiger partial charge in [0.1, 0.15) is 11.9 Å². The molecule has 202 valence electrons. The van der Waals surface area contributed by atoms with Crippen molar-refractivity contribution in [2.24, 2.45) is 5.92 Å². The average molecular weight is 524 g/mol. The number of hydrogen-bond donors (Lipinski definition) is 1. The second-order valence-corrected chi connectivity index (χ2v) is 10.7. The Balaban J connectivity index is 1.36. The number of halogens is 4. The first kappa shape index (κ1) is 26.9. The number of carbonyl (C=O) groups is 1. The fraction of sp³-hybridized carbons (Fsp3) is 0.577. The molecule has 1 saturated heterocycles. The van der Waals surface area contributed by atoms with Crippen LogP contribution in [0.4, 0.5) is 34.0 Å². The summed E-state index contributed by atoms with van der Waals surface area (Å²) >= 11 is 0. The fourth-order valence-electron chi connectivity index (χ4n) is 4.33. The van der Waals surface area contributed by atoms with Crippen molar-refractivity contribution in [2.45, 2.75) is 70.8 Å². The number of aromatic nitrogens is 2. The van der Waals surface area contributed by atoms with Crippen molar-refractivity contribution in [1.82, 2.24) is 14.9 Å². The largest absolute Gasteiger partial charge is 0.444 e. The zero-order valence-corrected chi connectivity index (χ0v) is 21.3. The summed E-state index contributed by atoms with van der Waals surface area (Å²) < 4.78 is 59.6. The molecule has 11 heteroatoms. The molecule has 0 radical (unpaired) electrons. The van der Waals surface area contributed by atoms with E-state index in [1.807, 2.05) is 20.8 Å². The minimum atomic E-state index is -4.40. The lowest BCUT2D eigenvalue weighted by atomic mass is 9.97. The molecule has 37 heavy (non-hydrogen) atoms. The molecule has 2 fully saturated rings. The van der Waals surface area contributed by atoms with Crippen molar-refractivity contribution in [2.75, 3.05) is 29.9 Å². The molecule has 7 nitrogen and oxygen atoms in total. The van der Waals surface area contributed by atoms with E-state index < -0.39 is 23.2 Å². The average Bonchev–Trinajstić information content (AvgIpc) is 3.66. The van der Waals surface area contributed by atoms with Crippen molar-refractivity contribution >= 4 is 17.7 Å². The Morgan fingerprint density at radius 1 is 1.08 bits per heavy atom. The summed E-state index contributed by atoms with van der Waals surface area (Å²) in [4.78, 5) is 24.0. The Kier molecular flexibility index (Phi) is 7.80. The predicted molar refractivity (Wildman–Crippen MR) is 132 cm³/mol. The highest BCUT2D eigenvalue weighted by Gasteiger charge is 2.34. The molecule has 0 bridgehead atoms. The van der Waals surface area contributed by atoms with E-state index in [1.165, 1.54) is 18.5 Å². The molecule has 1 saturated carbocycles. The zero-order chi connectivity index (χ0) is 26.8. The standard InChI is InChI=1S/C26H33F4N5O2/c1-25(2,3)37-24(36)34-12-10-17(11-13-34)14-31-22-21(27)23(33-16-32-22)35(20-8-9-20)15-18-4-6-19(7-5-18)26(28,29)30/h4-7,16-17,20H,8-15H2,1-3H3,(H,31,32,33). The SMILES string of the molecule is CC(C)(C)OC(=O)N1CCC(CNc2ncnc(N(Cc3ccc(C(F)(F)F)cc3)C3CC3)c2F)CC1. The van der Waals surface area contributed by atoms with E-state index in [0.29, 0.717) is 25.2 Å². The van der Waals surface area contributed by atoms with Crippen LogP contribution in [0, 0.1) is 11.7 Å². The van der Waals surface area contributed by atoms with Gasteiger partial charge in [0.05, 0.1) is 5.56 Å². The molecule has 1 amide bonds. The third kappa shape index (κ3) is 7.23. The molecule has 0 unspecified atom stereocenters. The molecular weight excluding hydrogens is 490 g/mol. The number of carbonyl (C=O) groups excluding carboxylic acids is 1. The third-order valence-corrected chi connectivity index (χ3v) is 6.49. The highest BCUT2D eigenvalue weighted by molar-refractivity contribution is 5.68. The first-order valence-electron chi connectivity index (χ1n) is 12.6. The number of alkyl halides is 3. The molecule has 1 N–H and O–H groups in total. The number of piperidine rings is 1. The Hall–Kier alpha value is -3.11. The van der Waals surface area contributed by atoms with Crippen LogP contribution in [0.2, 0.25) is 0 Å². The molecule has 0 atom stereocenters. The third-order valence-electron chi connectivity index (χ3n) is 6.49. The number of nitrogens with one attached hydrogen (secondary N) is 1. The lowest BCUT2D eigenvalue weighted by Crippen LogP contribution is -2.42. The van der Waals surface area contributed by atoms with Crippen LogP contribution in [0.15, 0.2) is 30.6 Å². The molecule has 1 aliphatic heterocycles. The van der Waals surface area contributed by atoms with Crippen molar-refractivity contribution in [3.05, 3.63) is 47.5 Å². The number of amides is 1. The Labute approximate surface area is 214 Å². The van der Waals surface area contributed by atoms with Gasteiger partial charge in [-0.15, -0.1) is 0 Å². The number of likely N-dealkylation sites (tertiary alicyclic amines) is 1. The Morgan fingerprint density at radius 2 is 1.73 bits per heavy atom. The monoisotopic (exact) mass is 523 g/mol. The van der Waals surface area contributed by atoms with Gasteiger partial charge >= 0.3 is 12.3 Å². The number of hydrogen-bond acceptors (Lipinski definition) is 6. The van der Waals surface area contributed by atoms with Crippen LogP contribution >= 0.6 is 0 Å². The van der Waals surface area contributed by atoms with Crippen LogP contribution < -0.4 is 10.2 Å². The molecule has 2 aromatic rings. The summed E-state index contributed by atoms with van der Waals surface area (Å²) in [6.07, 6.45) is -0.180. The smallest absolute Gasteiger partial charge is 0.416 e. The molecule has 4 rings (SSSR count). The maximum atomic E-state index is 15.5. The number of anilines is 2. The predicted octanol–water partition coefficient (Wildman–Crippen LogP) is 5.86. The topological polar surface area (TPSA) is 70.6 Å². The van der Waals surface area contributed by atoms with Crippen molar-refractivity contribution < 1.29 is 27.1 Å². The lowest BCUT2D eigenvalue weighted by molar-refractivity contribution is -0.137. The van der Waals surface area contributed by atoms with Gasteiger partial charge in [-0.25, -0.2) is 14.8 Å². The minimum absolute atomic E-state index is 0.0803. The van der Waals surface area contributed by atoms with E-state index >= 15 is 4.39 Å². The van der Waals surface area contributed by atoms with Crippen LogP contribution in [0.1, 0.15) is 57.6 Å². The van der Waals surface area contributed by atoms with Gasteiger partial charge in [-0.05, 0) is 70.1 Å². The molecule has 1 aromatic heterocycles. The lowest BCUT2D eigenvalue weighted by Gasteiger charge is -2.33. The molecule has 2 aliphatic rings. The first-order valence-corrected chi connectivity index (χ1v) is 12.6. The van der Waals surface area contributed by atoms with Gasteiger partial charge in [0.15, 0.2) is 11.6 Å². The van der Waals surface area contributed by atoms with E-state index in [2.05, 4.69) is 15.3 Å². The van der Waals surface area contributed by atoms with Crippen molar-refractivity contribution in [3.63, 3.8) is 0 Å². The number of ether oxygens (including phenoxy) is 1. The van der Waals surface area contributed by atoms with E-state index in [4.69, 9.17) is 4.74 Å². The van der Waals surface area contributed by atoms with Crippen LogP contribution in [0.25, 0.3) is 0 Å². The maximum Gasteiger partial charge on any atom is 0.416 e. The Morgan fingerprint density at radius 3 is 2.30 bits per heavy atom. The Bertz CT molecular complexity index is 1080. The first-order chi connectivity index (χ1) is 17.4. The summed E-state index contributed by atoms with van der Waals surface area (Å²) in [6, 6.07) is 4.99. The molecule has 1 aliphatic carbocycles. The molecule has 1 aromatic carbocycles. The van der Waals surface area contributed by atoms with Crippen LogP contribution in [0.3, 0.4) is 0 Å². The van der Waals surface area contributed by atoms with Crippen molar-refractivity contribution in [3.8, 4) is 0 Å². The second kappa shape index (κ2) is 10.7. The quantitative estimate of drug-likeness (QED) is 0.459. The highest BCUT2D eigenvalue weighted by atomic mass is 19.4. The van der Waals surface area contributed by atoms with Gasteiger partial charge in [-0.3, -0.25) is 0 Å². The normalized spacial score (nSPS) is 17.0. The van der Waals surface area contributed by atoms with Gasteiger partial charge in [0.2, 0.25) is 5.82 Å². The van der Waals surface area contributed by atoms with E-state index in [0.717, 1.165) is 37.8 Å².